The highest BCUT2D eigenvalue weighted by Gasteiger charge is 2.24. The number of nitrogens with one attached hydrogen (secondary N) is 1. The van der Waals surface area contributed by atoms with Gasteiger partial charge < -0.3 is 15.8 Å². The Balaban J connectivity index is 2.96. The molecule has 0 aliphatic heterocycles. The molecule has 0 radical (unpaired) electrons. The van der Waals surface area contributed by atoms with Crippen LogP contribution in [0.4, 0.5) is 14.5 Å². The summed E-state index contributed by atoms with van der Waals surface area (Å²) in [5, 5.41) is 2.42. The van der Waals surface area contributed by atoms with Crippen LogP contribution in [0, 0.1) is 17.6 Å². The number of carbonyl (C=O) groups is 2. The highest BCUT2D eigenvalue weighted by atomic mass is 19.2. The summed E-state index contributed by atoms with van der Waals surface area (Å²) in [7, 11) is 1.20. The summed E-state index contributed by atoms with van der Waals surface area (Å²) < 4.78 is 30.8. The molecule has 1 atom stereocenters. The number of halogens is 2. The molecule has 1 aromatic rings. The summed E-state index contributed by atoms with van der Waals surface area (Å²) in [6, 6.07) is 0.541. The van der Waals surface area contributed by atoms with E-state index in [1.807, 2.05) is 13.8 Å². The van der Waals surface area contributed by atoms with Gasteiger partial charge in [0.25, 0.3) is 5.91 Å². The molecule has 0 heterocycles. The van der Waals surface area contributed by atoms with Gasteiger partial charge in [-0.2, -0.15) is 0 Å². The molecule has 0 bridgehead atoms. The van der Waals surface area contributed by atoms with E-state index >= 15 is 0 Å². The number of hydrogen-bond acceptors (Lipinski definition) is 4. The molecule has 0 spiro atoms. The van der Waals surface area contributed by atoms with Crippen LogP contribution in [0.15, 0.2) is 12.1 Å². The minimum atomic E-state index is -1.19. The van der Waals surface area contributed by atoms with Crippen molar-refractivity contribution in [3.05, 3.63) is 29.3 Å². The van der Waals surface area contributed by atoms with Crippen molar-refractivity contribution in [2.45, 2.75) is 26.3 Å². The van der Waals surface area contributed by atoms with Gasteiger partial charge >= 0.3 is 5.97 Å². The number of nitrogens with two attached hydrogens (primary N) is 1. The van der Waals surface area contributed by atoms with Crippen molar-refractivity contribution in [1.29, 1.82) is 0 Å². The molecule has 0 saturated heterocycles. The Morgan fingerprint density at radius 1 is 1.29 bits per heavy atom. The maximum Gasteiger partial charge on any atom is 0.328 e. The first kappa shape index (κ1) is 16.9. The van der Waals surface area contributed by atoms with Crippen LogP contribution in [-0.2, 0) is 9.53 Å². The zero-order chi connectivity index (χ0) is 16.2. The summed E-state index contributed by atoms with van der Waals surface area (Å²) in [5.74, 6) is -3.58. The van der Waals surface area contributed by atoms with Crippen LogP contribution < -0.4 is 11.1 Å². The molecule has 21 heavy (non-hydrogen) atoms. The number of esters is 1. The molecule has 116 valence electrons. The third-order valence-corrected chi connectivity index (χ3v) is 2.84. The van der Waals surface area contributed by atoms with Crippen molar-refractivity contribution < 1.29 is 23.1 Å². The van der Waals surface area contributed by atoms with Crippen molar-refractivity contribution in [1.82, 2.24) is 5.32 Å². The maximum atomic E-state index is 13.2. The zero-order valence-electron chi connectivity index (χ0n) is 12.1. The van der Waals surface area contributed by atoms with E-state index in [0.717, 1.165) is 6.07 Å². The Kier molecular flexibility index (Phi) is 5.63. The van der Waals surface area contributed by atoms with Gasteiger partial charge in [0.1, 0.15) is 6.04 Å². The van der Waals surface area contributed by atoms with E-state index in [2.05, 4.69) is 10.1 Å². The van der Waals surface area contributed by atoms with Gasteiger partial charge in [0.05, 0.1) is 12.7 Å². The van der Waals surface area contributed by atoms with Crippen molar-refractivity contribution >= 4 is 17.6 Å². The summed E-state index contributed by atoms with van der Waals surface area (Å²) in [6.45, 7) is 3.74. The standard InChI is InChI=1S/C14H18F2N2O3/c1-7(2)4-12(14(20)21-3)18-13(19)8-5-9(15)10(16)6-11(8)17/h5-7,12H,4,17H2,1-3H3,(H,18,19). The van der Waals surface area contributed by atoms with Crippen LogP contribution in [0.25, 0.3) is 0 Å². The number of anilines is 1. The Hall–Kier alpha value is -2.18. The number of amides is 1. The summed E-state index contributed by atoms with van der Waals surface area (Å²) in [4.78, 5) is 23.7. The maximum absolute atomic E-state index is 13.2. The molecule has 1 aromatic carbocycles. The van der Waals surface area contributed by atoms with Crippen molar-refractivity contribution in [3.8, 4) is 0 Å². The van der Waals surface area contributed by atoms with E-state index in [9.17, 15) is 18.4 Å². The topological polar surface area (TPSA) is 81.4 Å². The van der Waals surface area contributed by atoms with Gasteiger partial charge in [-0.05, 0) is 18.4 Å². The summed E-state index contributed by atoms with van der Waals surface area (Å²) in [5.41, 5.74) is 5.05. The van der Waals surface area contributed by atoms with Crippen molar-refractivity contribution in [3.63, 3.8) is 0 Å². The second-order valence-electron chi connectivity index (χ2n) is 5.03. The average Bonchev–Trinajstić information content (AvgIpc) is 2.40. The van der Waals surface area contributed by atoms with Gasteiger partial charge in [0.2, 0.25) is 0 Å². The fourth-order valence-electron chi connectivity index (χ4n) is 1.82. The first-order valence-electron chi connectivity index (χ1n) is 6.39. The predicted octanol–water partition coefficient (Wildman–Crippen LogP) is 1.86. The Morgan fingerprint density at radius 2 is 1.86 bits per heavy atom. The minimum Gasteiger partial charge on any atom is -0.467 e. The lowest BCUT2D eigenvalue weighted by molar-refractivity contribution is -0.143. The van der Waals surface area contributed by atoms with Crippen LogP contribution >= 0.6 is 0 Å². The lowest BCUT2D eigenvalue weighted by Crippen LogP contribution is -2.42. The van der Waals surface area contributed by atoms with Crippen LogP contribution in [0.3, 0.4) is 0 Å². The van der Waals surface area contributed by atoms with E-state index in [1.165, 1.54) is 7.11 Å². The fourth-order valence-corrected chi connectivity index (χ4v) is 1.82. The first-order valence-corrected chi connectivity index (χ1v) is 6.39. The predicted molar refractivity (Wildman–Crippen MR) is 73.5 cm³/mol. The van der Waals surface area contributed by atoms with Gasteiger partial charge in [-0.25, -0.2) is 13.6 Å². The van der Waals surface area contributed by atoms with Crippen molar-refractivity contribution in [2.24, 2.45) is 5.92 Å². The van der Waals surface area contributed by atoms with E-state index in [4.69, 9.17) is 5.73 Å². The summed E-state index contributed by atoms with van der Waals surface area (Å²) >= 11 is 0. The molecule has 7 heteroatoms. The number of ether oxygens (including phenoxy) is 1. The average molecular weight is 300 g/mol. The largest absolute Gasteiger partial charge is 0.467 e. The Morgan fingerprint density at radius 3 is 2.38 bits per heavy atom. The van der Waals surface area contributed by atoms with E-state index < -0.39 is 29.6 Å². The molecule has 0 aliphatic rings. The normalized spacial score (nSPS) is 12.1. The molecule has 0 saturated carbocycles. The molecule has 3 N–H and O–H groups in total. The Bertz CT molecular complexity index is 547. The van der Waals surface area contributed by atoms with Gasteiger partial charge in [-0.15, -0.1) is 0 Å². The van der Waals surface area contributed by atoms with Crippen LogP contribution in [0.5, 0.6) is 0 Å². The van der Waals surface area contributed by atoms with Gasteiger partial charge in [-0.1, -0.05) is 13.8 Å². The SMILES string of the molecule is COC(=O)C(CC(C)C)NC(=O)c1cc(F)c(F)cc1N. The van der Waals surface area contributed by atoms with E-state index in [-0.39, 0.29) is 17.2 Å². The molecule has 0 fully saturated rings. The number of carbonyl (C=O) groups excluding carboxylic acids is 2. The monoisotopic (exact) mass is 300 g/mol. The molecule has 0 aliphatic carbocycles. The Labute approximate surface area is 121 Å². The smallest absolute Gasteiger partial charge is 0.328 e. The second kappa shape index (κ2) is 7.01. The van der Waals surface area contributed by atoms with Crippen molar-refractivity contribution in [2.75, 3.05) is 12.8 Å². The lowest BCUT2D eigenvalue weighted by Gasteiger charge is -2.18. The van der Waals surface area contributed by atoms with Crippen LogP contribution in [0.1, 0.15) is 30.6 Å². The highest BCUT2D eigenvalue weighted by molar-refractivity contribution is 6.00. The van der Waals surface area contributed by atoms with Crippen LogP contribution in [-0.4, -0.2) is 25.0 Å². The highest BCUT2D eigenvalue weighted by Crippen LogP contribution is 2.17. The minimum absolute atomic E-state index is 0.122. The van der Waals surface area contributed by atoms with Crippen LogP contribution in [0.2, 0.25) is 0 Å². The van der Waals surface area contributed by atoms with E-state index in [1.54, 1.807) is 0 Å². The molecule has 1 unspecified atom stereocenters. The number of methoxy groups -OCH3 is 1. The van der Waals surface area contributed by atoms with Gasteiger partial charge in [-0.3, -0.25) is 4.79 Å². The number of hydrogen-bond donors (Lipinski definition) is 2. The quantitative estimate of drug-likeness (QED) is 0.642. The fraction of sp³-hybridized carbons (Fsp3) is 0.429. The molecule has 0 aromatic heterocycles. The summed E-state index contributed by atoms with van der Waals surface area (Å²) in [6.07, 6.45) is 0.349. The molecular formula is C14H18F2N2O3. The zero-order valence-corrected chi connectivity index (χ0v) is 12.1. The van der Waals surface area contributed by atoms with E-state index in [0.29, 0.717) is 12.5 Å². The lowest BCUT2D eigenvalue weighted by atomic mass is 10.0. The molecular weight excluding hydrogens is 282 g/mol. The molecule has 5 nitrogen and oxygen atoms in total. The third kappa shape index (κ3) is 4.40. The number of rotatable bonds is 5. The molecule has 1 rings (SSSR count). The third-order valence-electron chi connectivity index (χ3n) is 2.84. The van der Waals surface area contributed by atoms with Gasteiger partial charge in [0.15, 0.2) is 11.6 Å². The number of benzene rings is 1. The first-order chi connectivity index (χ1) is 9.76. The van der Waals surface area contributed by atoms with Gasteiger partial charge in [0, 0.05) is 11.8 Å². The number of nitrogen functional groups attached to an aromatic ring is 1. The second-order valence-corrected chi connectivity index (χ2v) is 5.03. The molecule has 1 amide bonds.